The number of piperazine rings is 1. The zero-order chi connectivity index (χ0) is 30.6. The highest BCUT2D eigenvalue weighted by Gasteiger charge is 2.33. The van der Waals surface area contributed by atoms with Gasteiger partial charge in [-0.25, -0.2) is 9.59 Å². The highest BCUT2D eigenvalue weighted by atomic mass is 16.5. The van der Waals surface area contributed by atoms with Crippen molar-refractivity contribution < 1.29 is 29.3 Å². The lowest BCUT2D eigenvalue weighted by atomic mass is 9.91. The zero-order valence-corrected chi connectivity index (χ0v) is 25.1. The number of hydrogen-bond acceptors (Lipinski definition) is 7. The van der Waals surface area contributed by atoms with E-state index in [0.29, 0.717) is 25.2 Å². The van der Waals surface area contributed by atoms with Gasteiger partial charge in [-0.3, -0.25) is 4.90 Å². The molecule has 1 amide bonds. The minimum absolute atomic E-state index is 0.105. The first-order valence-corrected chi connectivity index (χ1v) is 15.6. The SMILES string of the molecule is COC1CCC(N2CCN(c3ccc(C[C@H](NC(=O)OCC4c5ccccc5-c5ccccc54)C(=O)O)cc3)[C@@H](O)C2)CC1. The third kappa shape index (κ3) is 6.45. The average molecular weight is 600 g/mol. The summed E-state index contributed by atoms with van der Waals surface area (Å²) in [5.41, 5.74) is 6.10. The van der Waals surface area contributed by atoms with Gasteiger partial charge in [0.05, 0.1) is 6.10 Å². The number of carboxylic acids is 1. The van der Waals surface area contributed by atoms with Crippen LogP contribution in [0.15, 0.2) is 72.8 Å². The molecule has 0 unspecified atom stereocenters. The standard InChI is InChI=1S/C35H41N3O6/c1-43-26-16-14-24(15-17-26)37-18-19-38(33(39)21-37)25-12-10-23(11-13-25)20-32(34(40)41)36-35(42)44-22-31-29-8-4-2-6-27(29)28-7-3-5-9-30(28)31/h2-13,24,26,31-33,39H,14-22H2,1H3,(H,36,42)(H,40,41)/t24?,26?,32-,33-/m0/s1. The Bertz CT molecular complexity index is 1410. The summed E-state index contributed by atoms with van der Waals surface area (Å²) in [4.78, 5) is 29.2. The van der Waals surface area contributed by atoms with E-state index in [0.717, 1.165) is 65.7 Å². The van der Waals surface area contributed by atoms with Crippen LogP contribution in [-0.4, -0.2) is 84.9 Å². The Kier molecular flexibility index (Phi) is 9.16. The molecule has 1 heterocycles. The molecule has 232 valence electrons. The second kappa shape index (κ2) is 13.4. The molecule has 0 aromatic heterocycles. The summed E-state index contributed by atoms with van der Waals surface area (Å²) < 4.78 is 11.1. The zero-order valence-electron chi connectivity index (χ0n) is 25.1. The summed E-state index contributed by atoms with van der Waals surface area (Å²) in [6, 6.07) is 23.0. The van der Waals surface area contributed by atoms with Gasteiger partial charge >= 0.3 is 12.1 Å². The number of hydrogen-bond donors (Lipinski definition) is 3. The van der Waals surface area contributed by atoms with Gasteiger partial charge in [-0.1, -0.05) is 60.7 Å². The fourth-order valence-electron chi connectivity index (χ4n) is 7.11. The van der Waals surface area contributed by atoms with Crippen LogP contribution in [0.2, 0.25) is 0 Å². The number of anilines is 1. The lowest BCUT2D eigenvalue weighted by molar-refractivity contribution is -0.139. The molecule has 0 spiro atoms. The number of nitrogens with one attached hydrogen (secondary N) is 1. The maximum atomic E-state index is 12.8. The van der Waals surface area contributed by atoms with Gasteiger partial charge in [0.2, 0.25) is 0 Å². The first-order chi connectivity index (χ1) is 21.4. The molecule has 3 aromatic carbocycles. The van der Waals surface area contributed by atoms with Crippen molar-refractivity contribution >= 4 is 17.7 Å². The second-order valence-corrected chi connectivity index (χ2v) is 12.1. The van der Waals surface area contributed by atoms with Crippen LogP contribution in [-0.2, 0) is 20.7 Å². The molecule has 9 heteroatoms. The fraction of sp³-hybridized carbons (Fsp3) is 0.429. The molecule has 2 atom stereocenters. The van der Waals surface area contributed by atoms with Gasteiger partial charge in [0, 0.05) is 50.8 Å². The molecule has 3 aromatic rings. The molecule has 2 aliphatic carbocycles. The Hall–Kier alpha value is -3.92. The van der Waals surface area contributed by atoms with Gasteiger partial charge in [0.25, 0.3) is 0 Å². The molecule has 44 heavy (non-hydrogen) atoms. The van der Waals surface area contributed by atoms with E-state index in [9.17, 15) is 19.8 Å². The van der Waals surface area contributed by atoms with E-state index in [1.165, 1.54) is 0 Å². The lowest BCUT2D eigenvalue weighted by Gasteiger charge is -2.45. The Morgan fingerprint density at radius 2 is 1.55 bits per heavy atom. The predicted octanol–water partition coefficient (Wildman–Crippen LogP) is 4.62. The monoisotopic (exact) mass is 599 g/mol. The van der Waals surface area contributed by atoms with E-state index < -0.39 is 24.3 Å². The Morgan fingerprint density at radius 1 is 0.909 bits per heavy atom. The number of aliphatic carboxylic acids is 1. The molecule has 0 bridgehead atoms. The topological polar surface area (TPSA) is 112 Å². The van der Waals surface area contributed by atoms with Gasteiger partial charge < -0.3 is 29.9 Å². The number of β-amino-alcohol motifs (C(OH)–C–C–N with tert-alkyl or cyclic N) is 1. The number of carboxylic acid groups (broad SMARTS) is 1. The second-order valence-electron chi connectivity index (χ2n) is 12.1. The van der Waals surface area contributed by atoms with E-state index >= 15 is 0 Å². The molecular weight excluding hydrogens is 558 g/mol. The van der Waals surface area contributed by atoms with E-state index in [1.54, 1.807) is 7.11 Å². The van der Waals surface area contributed by atoms with Crippen molar-refractivity contribution in [2.24, 2.45) is 0 Å². The van der Waals surface area contributed by atoms with E-state index in [1.807, 2.05) is 65.6 Å². The maximum absolute atomic E-state index is 12.8. The highest BCUT2D eigenvalue weighted by molar-refractivity contribution is 5.81. The number of aliphatic hydroxyl groups is 1. The molecule has 1 aliphatic heterocycles. The molecular formula is C35H41N3O6. The summed E-state index contributed by atoms with van der Waals surface area (Å²) >= 11 is 0. The van der Waals surface area contributed by atoms with Gasteiger partial charge in [0.1, 0.15) is 18.9 Å². The van der Waals surface area contributed by atoms with Crippen molar-refractivity contribution in [3.8, 4) is 11.1 Å². The molecule has 0 radical (unpaired) electrons. The fourth-order valence-corrected chi connectivity index (χ4v) is 7.11. The largest absolute Gasteiger partial charge is 0.480 e. The van der Waals surface area contributed by atoms with E-state index in [4.69, 9.17) is 9.47 Å². The molecule has 3 N–H and O–H groups in total. The quantitative estimate of drug-likeness (QED) is 0.327. The number of rotatable bonds is 9. The Balaban J connectivity index is 1.02. The number of carbonyl (C=O) groups is 2. The van der Waals surface area contributed by atoms with Crippen LogP contribution in [0.5, 0.6) is 0 Å². The lowest BCUT2D eigenvalue weighted by Crippen LogP contribution is -2.56. The minimum atomic E-state index is -1.14. The molecule has 9 nitrogen and oxygen atoms in total. The van der Waals surface area contributed by atoms with Crippen LogP contribution in [0, 0.1) is 0 Å². The average Bonchev–Trinajstić information content (AvgIpc) is 3.37. The third-order valence-electron chi connectivity index (χ3n) is 9.52. The number of aliphatic hydroxyl groups excluding tert-OH is 1. The van der Waals surface area contributed by atoms with Crippen molar-refractivity contribution in [2.45, 2.75) is 62.4 Å². The molecule has 1 saturated heterocycles. The van der Waals surface area contributed by atoms with Gasteiger partial charge in [-0.15, -0.1) is 0 Å². The van der Waals surface area contributed by atoms with Crippen molar-refractivity contribution in [1.29, 1.82) is 0 Å². The van der Waals surface area contributed by atoms with E-state index in [-0.39, 0.29) is 18.9 Å². The van der Waals surface area contributed by atoms with Crippen molar-refractivity contribution in [1.82, 2.24) is 10.2 Å². The van der Waals surface area contributed by atoms with Crippen LogP contribution >= 0.6 is 0 Å². The van der Waals surface area contributed by atoms with Crippen molar-refractivity contribution in [2.75, 3.05) is 38.3 Å². The Morgan fingerprint density at radius 3 is 2.14 bits per heavy atom. The summed E-state index contributed by atoms with van der Waals surface area (Å²) in [5, 5.41) is 23.4. The summed E-state index contributed by atoms with van der Waals surface area (Å²) in [6.45, 7) is 2.30. The van der Waals surface area contributed by atoms with Gasteiger partial charge in [-0.05, 0) is 65.6 Å². The normalized spacial score (nSPS) is 22.6. The van der Waals surface area contributed by atoms with E-state index in [2.05, 4.69) is 22.3 Å². The van der Waals surface area contributed by atoms with Crippen LogP contribution in [0.4, 0.5) is 10.5 Å². The smallest absolute Gasteiger partial charge is 0.407 e. The van der Waals surface area contributed by atoms with Crippen LogP contribution in [0.3, 0.4) is 0 Å². The predicted molar refractivity (Wildman–Crippen MR) is 168 cm³/mol. The Labute approximate surface area is 258 Å². The maximum Gasteiger partial charge on any atom is 0.407 e. The number of alkyl carbamates (subject to hydrolysis) is 1. The highest BCUT2D eigenvalue weighted by Crippen LogP contribution is 2.44. The first-order valence-electron chi connectivity index (χ1n) is 15.6. The first kappa shape index (κ1) is 30.1. The number of methoxy groups -OCH3 is 1. The minimum Gasteiger partial charge on any atom is -0.480 e. The third-order valence-corrected chi connectivity index (χ3v) is 9.52. The molecule has 2 fully saturated rings. The van der Waals surface area contributed by atoms with Gasteiger partial charge in [-0.2, -0.15) is 0 Å². The number of carbonyl (C=O) groups excluding carboxylic acids is 1. The van der Waals surface area contributed by atoms with Crippen molar-refractivity contribution in [3.63, 3.8) is 0 Å². The molecule has 6 rings (SSSR count). The summed E-state index contributed by atoms with van der Waals surface area (Å²) in [7, 11) is 1.78. The van der Waals surface area contributed by atoms with Crippen molar-refractivity contribution in [3.05, 3.63) is 89.5 Å². The number of amides is 1. The molecule has 3 aliphatic rings. The number of ether oxygens (including phenoxy) is 2. The number of nitrogens with zero attached hydrogens (tertiary/aromatic N) is 2. The number of benzene rings is 3. The molecule has 1 saturated carbocycles. The summed E-state index contributed by atoms with van der Waals surface area (Å²) in [6.07, 6.45) is 3.40. The van der Waals surface area contributed by atoms with Crippen LogP contribution in [0.1, 0.15) is 48.3 Å². The summed E-state index contributed by atoms with van der Waals surface area (Å²) in [5.74, 6) is -1.24. The van der Waals surface area contributed by atoms with Crippen LogP contribution in [0.25, 0.3) is 11.1 Å². The number of fused-ring (bicyclic) bond motifs is 3. The van der Waals surface area contributed by atoms with Crippen LogP contribution < -0.4 is 10.2 Å². The van der Waals surface area contributed by atoms with Gasteiger partial charge in [0.15, 0.2) is 0 Å².